The first-order valence-corrected chi connectivity index (χ1v) is 6.72. The maximum atomic E-state index is 11.9. The van der Waals surface area contributed by atoms with E-state index in [0.717, 1.165) is 0 Å². The number of anilines is 1. The summed E-state index contributed by atoms with van der Waals surface area (Å²) in [7, 11) is -2.42. The molecule has 0 amide bonds. The van der Waals surface area contributed by atoms with Crippen LogP contribution in [0.5, 0.6) is 0 Å². The highest BCUT2D eigenvalue weighted by Crippen LogP contribution is 2.15. The van der Waals surface area contributed by atoms with E-state index in [-0.39, 0.29) is 5.03 Å². The first kappa shape index (κ1) is 13.1. The number of methoxy groups -OCH3 is 1. The number of sulfonamides is 1. The van der Waals surface area contributed by atoms with Crippen molar-refractivity contribution in [1.29, 1.82) is 0 Å². The first-order chi connectivity index (χ1) is 9.03. The quantitative estimate of drug-likeness (QED) is 0.814. The van der Waals surface area contributed by atoms with Gasteiger partial charge in [-0.3, -0.25) is 9.82 Å². The highest BCUT2D eigenvalue weighted by Gasteiger charge is 2.15. The number of hydrogen-bond acceptors (Lipinski definition) is 5. The van der Waals surface area contributed by atoms with Crippen LogP contribution in [0.25, 0.3) is 0 Å². The molecule has 2 rings (SSSR count). The van der Waals surface area contributed by atoms with E-state index < -0.39 is 16.0 Å². The number of aromatic amines is 1. The summed E-state index contributed by atoms with van der Waals surface area (Å²) in [6.45, 7) is 0. The van der Waals surface area contributed by atoms with Gasteiger partial charge in [-0.2, -0.15) is 13.5 Å². The third-order valence-corrected chi connectivity index (χ3v) is 3.63. The van der Waals surface area contributed by atoms with Gasteiger partial charge in [0.2, 0.25) is 0 Å². The van der Waals surface area contributed by atoms with Gasteiger partial charge in [0.25, 0.3) is 10.0 Å². The fourth-order valence-corrected chi connectivity index (χ4v) is 2.36. The van der Waals surface area contributed by atoms with Crippen LogP contribution in [0.15, 0.2) is 41.6 Å². The molecule has 0 bridgehead atoms. The van der Waals surface area contributed by atoms with Crippen LogP contribution in [0.3, 0.4) is 0 Å². The van der Waals surface area contributed by atoms with Crippen LogP contribution >= 0.6 is 0 Å². The monoisotopic (exact) mass is 281 g/mol. The van der Waals surface area contributed by atoms with Gasteiger partial charge in [0, 0.05) is 5.69 Å². The van der Waals surface area contributed by atoms with Crippen molar-refractivity contribution in [2.24, 2.45) is 0 Å². The zero-order chi connectivity index (χ0) is 13.9. The Kier molecular flexibility index (Phi) is 3.52. The second-order valence-corrected chi connectivity index (χ2v) is 5.25. The number of carbonyl (C=O) groups is 1. The number of aromatic nitrogens is 2. The molecule has 100 valence electrons. The molecule has 0 atom stereocenters. The zero-order valence-electron chi connectivity index (χ0n) is 9.95. The van der Waals surface area contributed by atoms with Crippen molar-refractivity contribution in [3.63, 3.8) is 0 Å². The van der Waals surface area contributed by atoms with Crippen LogP contribution < -0.4 is 4.72 Å². The molecule has 1 heterocycles. The fraction of sp³-hybridized carbons (Fsp3) is 0.0909. The molecule has 2 aromatic rings. The Morgan fingerprint density at radius 3 is 2.47 bits per heavy atom. The van der Waals surface area contributed by atoms with Crippen molar-refractivity contribution >= 4 is 21.7 Å². The van der Waals surface area contributed by atoms with Crippen molar-refractivity contribution in [3.8, 4) is 0 Å². The van der Waals surface area contributed by atoms with E-state index in [1.807, 2.05) is 0 Å². The molecule has 19 heavy (non-hydrogen) atoms. The van der Waals surface area contributed by atoms with Crippen LogP contribution in [0.4, 0.5) is 5.69 Å². The summed E-state index contributed by atoms with van der Waals surface area (Å²) in [4.78, 5) is 11.2. The van der Waals surface area contributed by atoms with Gasteiger partial charge >= 0.3 is 5.97 Å². The predicted octanol–water partition coefficient (Wildman–Crippen LogP) is 0.997. The summed E-state index contributed by atoms with van der Waals surface area (Å²) >= 11 is 0. The molecular weight excluding hydrogens is 270 g/mol. The van der Waals surface area contributed by atoms with Crippen molar-refractivity contribution in [2.75, 3.05) is 11.8 Å². The summed E-state index contributed by atoms with van der Waals surface area (Å²) < 4.78 is 30.6. The number of carbonyl (C=O) groups excluding carboxylic acids is 1. The van der Waals surface area contributed by atoms with Gasteiger partial charge in [-0.15, -0.1) is 0 Å². The number of nitrogens with zero attached hydrogens (tertiary/aromatic N) is 1. The maximum absolute atomic E-state index is 11.9. The van der Waals surface area contributed by atoms with Gasteiger partial charge < -0.3 is 4.74 Å². The van der Waals surface area contributed by atoms with Gasteiger partial charge in [-0.25, -0.2) is 4.79 Å². The summed E-state index contributed by atoms with van der Waals surface area (Å²) in [6.07, 6.45) is 1.34. The molecule has 0 radical (unpaired) electrons. The average Bonchev–Trinajstić information content (AvgIpc) is 2.93. The largest absolute Gasteiger partial charge is 0.465 e. The summed E-state index contributed by atoms with van der Waals surface area (Å²) in [5.74, 6) is -0.483. The topological polar surface area (TPSA) is 101 Å². The van der Waals surface area contributed by atoms with E-state index in [1.54, 1.807) is 0 Å². The number of H-pyrrole nitrogens is 1. The second kappa shape index (κ2) is 5.11. The van der Waals surface area contributed by atoms with Crippen molar-refractivity contribution in [1.82, 2.24) is 10.2 Å². The molecule has 2 N–H and O–H groups in total. The van der Waals surface area contributed by atoms with Crippen molar-refractivity contribution < 1.29 is 17.9 Å². The molecule has 8 heteroatoms. The lowest BCUT2D eigenvalue weighted by Gasteiger charge is -2.06. The minimum absolute atomic E-state index is 0.0375. The maximum Gasteiger partial charge on any atom is 0.337 e. The highest BCUT2D eigenvalue weighted by molar-refractivity contribution is 7.92. The Morgan fingerprint density at radius 1 is 1.26 bits per heavy atom. The van der Waals surface area contributed by atoms with E-state index in [1.165, 1.54) is 43.6 Å². The molecule has 0 saturated heterocycles. The Morgan fingerprint density at radius 2 is 1.95 bits per heavy atom. The van der Waals surface area contributed by atoms with E-state index in [9.17, 15) is 13.2 Å². The van der Waals surface area contributed by atoms with Gasteiger partial charge in [0.15, 0.2) is 5.03 Å². The number of benzene rings is 1. The summed E-state index contributed by atoms with van der Waals surface area (Å²) in [5.41, 5.74) is 0.675. The third-order valence-electron chi connectivity index (χ3n) is 2.32. The molecule has 0 aliphatic heterocycles. The Labute approximate surface area is 109 Å². The lowest BCUT2D eigenvalue weighted by atomic mass is 10.2. The lowest BCUT2D eigenvalue weighted by molar-refractivity contribution is 0.0601. The number of nitrogens with one attached hydrogen (secondary N) is 2. The minimum atomic E-state index is -3.69. The molecule has 0 fully saturated rings. The molecule has 1 aromatic heterocycles. The highest BCUT2D eigenvalue weighted by atomic mass is 32.2. The normalized spacial score (nSPS) is 11.0. The molecule has 0 aliphatic rings. The number of rotatable bonds is 4. The van der Waals surface area contributed by atoms with Crippen LogP contribution in [0, 0.1) is 0 Å². The number of ether oxygens (including phenoxy) is 1. The van der Waals surface area contributed by atoms with Crippen molar-refractivity contribution in [3.05, 3.63) is 42.1 Å². The second-order valence-electron chi connectivity index (χ2n) is 3.60. The predicted molar refractivity (Wildman–Crippen MR) is 67.2 cm³/mol. The molecule has 0 spiro atoms. The lowest BCUT2D eigenvalue weighted by Crippen LogP contribution is -2.13. The zero-order valence-corrected chi connectivity index (χ0v) is 10.8. The van der Waals surface area contributed by atoms with Crippen LogP contribution in [0.1, 0.15) is 10.4 Å². The molecule has 1 aromatic carbocycles. The summed E-state index contributed by atoms with van der Waals surface area (Å²) in [5, 5.41) is 5.90. The minimum Gasteiger partial charge on any atom is -0.465 e. The van der Waals surface area contributed by atoms with E-state index >= 15 is 0 Å². The Bertz CT molecular complexity index is 662. The van der Waals surface area contributed by atoms with Gasteiger partial charge in [-0.1, -0.05) is 0 Å². The van der Waals surface area contributed by atoms with Crippen LogP contribution in [-0.2, 0) is 14.8 Å². The van der Waals surface area contributed by atoms with Gasteiger partial charge in [0.05, 0.1) is 18.9 Å². The van der Waals surface area contributed by atoms with Crippen LogP contribution in [-0.4, -0.2) is 31.7 Å². The number of hydrogen-bond donors (Lipinski definition) is 2. The van der Waals surface area contributed by atoms with Crippen molar-refractivity contribution in [2.45, 2.75) is 5.03 Å². The Hall–Kier alpha value is -2.35. The van der Waals surface area contributed by atoms with E-state index in [0.29, 0.717) is 11.3 Å². The van der Waals surface area contributed by atoms with Gasteiger partial charge in [-0.05, 0) is 30.3 Å². The van der Waals surface area contributed by atoms with E-state index in [4.69, 9.17) is 0 Å². The first-order valence-electron chi connectivity index (χ1n) is 5.23. The molecular formula is C11H11N3O4S. The average molecular weight is 281 g/mol. The molecule has 0 unspecified atom stereocenters. The van der Waals surface area contributed by atoms with Crippen LogP contribution in [0.2, 0.25) is 0 Å². The Balaban J connectivity index is 2.19. The number of esters is 1. The third kappa shape index (κ3) is 2.91. The molecule has 0 saturated carbocycles. The molecule has 0 aliphatic carbocycles. The molecule has 7 nitrogen and oxygen atoms in total. The van der Waals surface area contributed by atoms with E-state index in [2.05, 4.69) is 19.7 Å². The fourth-order valence-electron chi connectivity index (χ4n) is 1.40. The summed E-state index contributed by atoms with van der Waals surface area (Å²) in [6, 6.07) is 7.22. The van der Waals surface area contributed by atoms with Gasteiger partial charge in [0.1, 0.15) is 0 Å². The standard InChI is InChI=1S/C11H11N3O4S/c1-18-11(15)8-2-4-9(5-3-8)14-19(16,17)10-6-7-12-13-10/h2-7,14H,1H3,(H,12,13). The SMILES string of the molecule is COC(=O)c1ccc(NS(=O)(=O)c2ccn[nH]2)cc1. The smallest absolute Gasteiger partial charge is 0.337 e.